The van der Waals surface area contributed by atoms with E-state index >= 15 is 0 Å². The molecule has 20 heavy (non-hydrogen) atoms. The molecule has 0 amide bonds. The van der Waals surface area contributed by atoms with Gasteiger partial charge in [-0.2, -0.15) is 0 Å². The first-order valence-electron chi connectivity index (χ1n) is 6.83. The molecule has 0 radical (unpaired) electrons. The monoisotopic (exact) mass is 311 g/mol. The quantitative estimate of drug-likeness (QED) is 0.880. The fraction of sp³-hybridized carbons (Fsp3) is 0.375. The van der Waals surface area contributed by atoms with Gasteiger partial charge in [-0.15, -0.1) is 12.4 Å². The van der Waals surface area contributed by atoms with E-state index in [0.29, 0.717) is 5.92 Å². The molecule has 1 unspecified atom stereocenters. The lowest BCUT2D eigenvalue weighted by molar-refractivity contribution is 0.0902. The minimum Gasteiger partial charge on any atom is -0.388 e. The van der Waals surface area contributed by atoms with Crippen LogP contribution < -0.4 is 5.32 Å². The Kier molecular flexibility index (Phi) is 5.28. The number of aliphatic hydroxyl groups is 1. The molecule has 1 aliphatic heterocycles. The van der Waals surface area contributed by atoms with Gasteiger partial charge in [-0.1, -0.05) is 41.9 Å². The average molecular weight is 312 g/mol. The highest BCUT2D eigenvalue weighted by atomic mass is 35.5. The Hall–Kier alpha value is -0.800. The number of nitrogens with one attached hydrogen (secondary N) is 1. The van der Waals surface area contributed by atoms with E-state index in [2.05, 4.69) is 5.32 Å². The zero-order chi connectivity index (χ0) is 13.2. The largest absolute Gasteiger partial charge is 0.388 e. The van der Waals surface area contributed by atoms with Crippen LogP contribution in [0.2, 0.25) is 5.02 Å². The molecule has 1 aliphatic rings. The van der Waals surface area contributed by atoms with Crippen molar-refractivity contribution in [1.29, 1.82) is 0 Å². The van der Waals surface area contributed by atoms with E-state index < -0.39 is 6.10 Å². The maximum absolute atomic E-state index is 10.7. The van der Waals surface area contributed by atoms with E-state index in [1.54, 1.807) is 0 Å². The highest BCUT2D eigenvalue weighted by Gasteiger charge is 2.24. The second-order valence-electron chi connectivity index (χ2n) is 5.21. The molecule has 0 aliphatic carbocycles. The van der Waals surface area contributed by atoms with Gasteiger partial charge in [0.1, 0.15) is 0 Å². The number of hydrogen-bond donors (Lipinski definition) is 2. The molecule has 2 N–H and O–H groups in total. The van der Waals surface area contributed by atoms with Gasteiger partial charge in [-0.05, 0) is 48.9 Å². The van der Waals surface area contributed by atoms with E-state index in [4.69, 9.17) is 11.6 Å². The molecule has 1 saturated heterocycles. The van der Waals surface area contributed by atoms with Crippen LogP contribution in [-0.2, 0) is 0 Å². The number of hydrogen-bond acceptors (Lipinski definition) is 2. The van der Waals surface area contributed by atoms with Crippen LogP contribution in [-0.4, -0.2) is 18.2 Å². The Bertz CT molecular complexity index is 582. The van der Waals surface area contributed by atoms with Gasteiger partial charge in [0.25, 0.3) is 0 Å². The lowest BCUT2D eigenvalue weighted by Gasteiger charge is -2.28. The molecule has 4 heteroatoms. The summed E-state index contributed by atoms with van der Waals surface area (Å²) in [5, 5.41) is 16.8. The summed E-state index contributed by atoms with van der Waals surface area (Å²) in [6.45, 7) is 1.99. The molecular formula is C16H19Cl2NO. The van der Waals surface area contributed by atoms with Crippen molar-refractivity contribution in [3.05, 3.63) is 47.0 Å². The Balaban J connectivity index is 0.00000147. The van der Waals surface area contributed by atoms with Gasteiger partial charge in [0, 0.05) is 10.4 Å². The SMILES string of the molecule is Cl.OC(c1ccc(Cl)c2ccccc12)C1CCNCC1. The smallest absolute Gasteiger partial charge is 0.0825 e. The van der Waals surface area contributed by atoms with Gasteiger partial charge < -0.3 is 10.4 Å². The lowest BCUT2D eigenvalue weighted by Crippen LogP contribution is -2.30. The average Bonchev–Trinajstić information content (AvgIpc) is 2.48. The molecule has 2 nitrogen and oxygen atoms in total. The molecule has 1 fully saturated rings. The number of fused-ring (bicyclic) bond motifs is 1. The summed E-state index contributed by atoms with van der Waals surface area (Å²) in [4.78, 5) is 0. The van der Waals surface area contributed by atoms with E-state index in [1.807, 2.05) is 36.4 Å². The predicted octanol–water partition coefficient (Wildman–Crippen LogP) is 3.95. The van der Waals surface area contributed by atoms with E-state index in [-0.39, 0.29) is 12.4 Å². The van der Waals surface area contributed by atoms with Crippen molar-refractivity contribution in [2.45, 2.75) is 18.9 Å². The third-order valence-corrected chi connectivity index (χ3v) is 4.38. The molecule has 1 heterocycles. The summed E-state index contributed by atoms with van der Waals surface area (Å²) < 4.78 is 0. The van der Waals surface area contributed by atoms with Gasteiger partial charge in [0.05, 0.1) is 6.10 Å². The van der Waals surface area contributed by atoms with Crippen molar-refractivity contribution >= 4 is 34.8 Å². The van der Waals surface area contributed by atoms with Gasteiger partial charge in [-0.3, -0.25) is 0 Å². The number of halogens is 2. The predicted molar refractivity (Wildman–Crippen MR) is 86.8 cm³/mol. The first-order valence-corrected chi connectivity index (χ1v) is 7.21. The van der Waals surface area contributed by atoms with Crippen LogP contribution in [0, 0.1) is 5.92 Å². The highest BCUT2D eigenvalue weighted by molar-refractivity contribution is 6.35. The third kappa shape index (κ3) is 2.94. The zero-order valence-electron chi connectivity index (χ0n) is 11.2. The molecule has 0 bridgehead atoms. The molecule has 0 spiro atoms. The molecule has 3 rings (SSSR count). The van der Waals surface area contributed by atoms with Gasteiger partial charge in [0.15, 0.2) is 0 Å². The fourth-order valence-corrected chi connectivity index (χ4v) is 3.19. The van der Waals surface area contributed by atoms with E-state index in [0.717, 1.165) is 47.3 Å². The van der Waals surface area contributed by atoms with Crippen molar-refractivity contribution in [3.8, 4) is 0 Å². The summed E-state index contributed by atoms with van der Waals surface area (Å²) in [6, 6.07) is 11.9. The van der Waals surface area contributed by atoms with Crippen LogP contribution in [0.25, 0.3) is 10.8 Å². The third-order valence-electron chi connectivity index (χ3n) is 4.05. The second kappa shape index (κ2) is 6.77. The summed E-state index contributed by atoms with van der Waals surface area (Å²) >= 11 is 6.23. The van der Waals surface area contributed by atoms with Crippen molar-refractivity contribution in [1.82, 2.24) is 5.32 Å². The maximum Gasteiger partial charge on any atom is 0.0825 e. The molecule has 0 aromatic heterocycles. The van der Waals surface area contributed by atoms with Gasteiger partial charge in [-0.25, -0.2) is 0 Å². The lowest BCUT2D eigenvalue weighted by atomic mass is 9.86. The number of rotatable bonds is 2. The molecule has 1 atom stereocenters. The highest BCUT2D eigenvalue weighted by Crippen LogP contribution is 2.35. The van der Waals surface area contributed by atoms with Crippen molar-refractivity contribution in [2.75, 3.05) is 13.1 Å². The van der Waals surface area contributed by atoms with Gasteiger partial charge in [0.2, 0.25) is 0 Å². The number of piperidine rings is 1. The summed E-state index contributed by atoms with van der Waals surface area (Å²) in [5.74, 6) is 0.339. The zero-order valence-corrected chi connectivity index (χ0v) is 12.8. The van der Waals surface area contributed by atoms with Crippen LogP contribution >= 0.6 is 24.0 Å². The van der Waals surface area contributed by atoms with Crippen LogP contribution in [0.1, 0.15) is 24.5 Å². The Morgan fingerprint density at radius 2 is 1.70 bits per heavy atom. The van der Waals surface area contributed by atoms with E-state index in [1.165, 1.54) is 0 Å². The van der Waals surface area contributed by atoms with Crippen molar-refractivity contribution in [2.24, 2.45) is 5.92 Å². The van der Waals surface area contributed by atoms with Crippen molar-refractivity contribution < 1.29 is 5.11 Å². The molecule has 2 aromatic rings. The van der Waals surface area contributed by atoms with Gasteiger partial charge >= 0.3 is 0 Å². The Morgan fingerprint density at radius 1 is 1.05 bits per heavy atom. The first kappa shape index (κ1) is 15.6. The fourth-order valence-electron chi connectivity index (χ4n) is 2.96. The normalized spacial score (nSPS) is 17.7. The molecule has 108 valence electrons. The van der Waals surface area contributed by atoms with Crippen LogP contribution in [0.15, 0.2) is 36.4 Å². The van der Waals surface area contributed by atoms with E-state index in [9.17, 15) is 5.11 Å². The van der Waals surface area contributed by atoms with Crippen molar-refractivity contribution in [3.63, 3.8) is 0 Å². The molecule has 0 saturated carbocycles. The topological polar surface area (TPSA) is 32.3 Å². The standard InChI is InChI=1S/C16H18ClNO.ClH/c17-15-6-5-14(12-3-1-2-4-13(12)15)16(19)11-7-9-18-10-8-11;/h1-6,11,16,18-19H,7-10H2;1H. The summed E-state index contributed by atoms with van der Waals surface area (Å²) in [7, 11) is 0. The maximum atomic E-state index is 10.7. The second-order valence-corrected chi connectivity index (χ2v) is 5.62. The van der Waals surface area contributed by atoms with Crippen LogP contribution in [0.5, 0.6) is 0 Å². The van der Waals surface area contributed by atoms with Crippen LogP contribution in [0.4, 0.5) is 0 Å². The molecule has 2 aromatic carbocycles. The molecular weight excluding hydrogens is 293 g/mol. The Morgan fingerprint density at radius 3 is 2.40 bits per heavy atom. The number of aliphatic hydroxyl groups excluding tert-OH is 1. The van der Waals surface area contributed by atoms with Crippen LogP contribution in [0.3, 0.4) is 0 Å². The Labute approximate surface area is 130 Å². The minimum atomic E-state index is -0.399. The summed E-state index contributed by atoms with van der Waals surface area (Å²) in [5.41, 5.74) is 1.01. The first-order chi connectivity index (χ1) is 9.27. The number of benzene rings is 2. The summed E-state index contributed by atoms with van der Waals surface area (Å²) in [6.07, 6.45) is 1.65. The minimum absolute atomic E-state index is 0.